The van der Waals surface area contributed by atoms with Gasteiger partial charge in [0.05, 0.1) is 0 Å². The molecule has 0 radical (unpaired) electrons. The van der Waals surface area contributed by atoms with Crippen LogP contribution in [0.5, 0.6) is 0 Å². The molecule has 0 aromatic carbocycles. The lowest BCUT2D eigenvalue weighted by Gasteiger charge is -2.14. The van der Waals surface area contributed by atoms with Crippen LogP contribution in [0.1, 0.15) is 80.6 Å². The smallest absolute Gasteiger partial charge is 0.342 e. The van der Waals surface area contributed by atoms with E-state index in [0.29, 0.717) is 23.1 Å². The Kier molecular flexibility index (Phi) is 15.0. The van der Waals surface area contributed by atoms with E-state index >= 15 is 0 Å². The van der Waals surface area contributed by atoms with Gasteiger partial charge < -0.3 is 9.47 Å². The molecule has 0 aromatic rings. The fraction of sp³-hybridized carbons (Fsp3) is 0.600. The minimum absolute atomic E-state index is 0.192. The van der Waals surface area contributed by atoms with Gasteiger partial charge in [-0.3, -0.25) is 4.79 Å². The van der Waals surface area contributed by atoms with Crippen LogP contribution in [-0.2, 0) is 28.7 Å². The number of hydrogen-bond acceptors (Lipinski definition) is 6. The summed E-state index contributed by atoms with van der Waals surface area (Å²) < 4.78 is 8.60. The summed E-state index contributed by atoms with van der Waals surface area (Å²) in [7, 11) is 0. The number of allylic oxidation sites excluding steroid dienone is 1. The summed E-state index contributed by atoms with van der Waals surface area (Å²) in [5.41, 5.74) is 2.71. The van der Waals surface area contributed by atoms with Gasteiger partial charge in [0.1, 0.15) is 0 Å². The highest BCUT2D eigenvalue weighted by atomic mass is 16.6. The quantitative estimate of drug-likeness (QED) is 0.416. The van der Waals surface area contributed by atoms with E-state index in [-0.39, 0.29) is 6.47 Å². The second kappa shape index (κ2) is 15.0. The van der Waals surface area contributed by atoms with Gasteiger partial charge in [-0.15, -0.1) is 0 Å². The summed E-state index contributed by atoms with van der Waals surface area (Å²) in [5.74, 6) is -1.45. The molecule has 2 rings (SSSR count). The predicted molar refractivity (Wildman–Crippen MR) is 100 cm³/mol. The van der Waals surface area contributed by atoms with E-state index in [4.69, 9.17) is 0 Å². The molecule has 0 unspecified atom stereocenters. The van der Waals surface area contributed by atoms with Crippen LogP contribution in [0.4, 0.5) is 0 Å². The third-order valence-corrected chi connectivity index (χ3v) is 3.69. The zero-order valence-electron chi connectivity index (χ0n) is 17.1. The van der Waals surface area contributed by atoms with Crippen molar-refractivity contribution in [1.29, 1.82) is 0 Å². The largest absolute Gasteiger partial charge is 0.392 e. The highest BCUT2D eigenvalue weighted by Gasteiger charge is 2.27. The first-order valence-corrected chi connectivity index (χ1v) is 9.21. The van der Waals surface area contributed by atoms with E-state index < -0.39 is 17.9 Å². The second-order valence-corrected chi connectivity index (χ2v) is 5.10. The summed E-state index contributed by atoms with van der Waals surface area (Å²) in [6.07, 6.45) is 4.41. The average molecular weight is 368 g/mol. The molecule has 148 valence electrons. The van der Waals surface area contributed by atoms with Crippen molar-refractivity contribution >= 4 is 24.4 Å². The van der Waals surface area contributed by atoms with Gasteiger partial charge in [-0.2, -0.15) is 0 Å². The van der Waals surface area contributed by atoms with E-state index in [1.165, 1.54) is 0 Å². The van der Waals surface area contributed by atoms with E-state index in [0.717, 1.165) is 31.3 Å². The number of cyclic esters (lactones) is 2. The number of hydrogen-bond donors (Lipinski definition) is 0. The molecule has 6 heteroatoms. The third-order valence-electron chi connectivity index (χ3n) is 3.69. The van der Waals surface area contributed by atoms with Crippen LogP contribution in [0, 0.1) is 0 Å². The molecule has 0 atom stereocenters. The molecular formula is C20H32O6. The topological polar surface area (TPSA) is 86.7 Å². The first-order valence-electron chi connectivity index (χ1n) is 9.21. The molecule has 0 saturated heterocycles. The van der Waals surface area contributed by atoms with E-state index in [2.05, 4.69) is 9.47 Å². The van der Waals surface area contributed by atoms with Crippen molar-refractivity contribution in [1.82, 2.24) is 0 Å². The molecule has 1 aliphatic carbocycles. The average Bonchev–Trinajstić information content (AvgIpc) is 2.91. The summed E-state index contributed by atoms with van der Waals surface area (Å²) in [6, 6.07) is 0. The van der Waals surface area contributed by atoms with Crippen LogP contribution >= 0.6 is 0 Å². The van der Waals surface area contributed by atoms with Crippen molar-refractivity contribution in [3.05, 3.63) is 22.3 Å². The molecule has 1 aliphatic heterocycles. The number of carbonyl (C=O) groups is 4. The Bertz CT molecular complexity index is 555. The van der Waals surface area contributed by atoms with Crippen LogP contribution in [0.2, 0.25) is 0 Å². The van der Waals surface area contributed by atoms with Crippen LogP contribution in [-0.4, -0.2) is 24.4 Å². The standard InChI is InChI=1S/C9H12O3.C7H8O3.2C2H6/c1-7-4-2-3-5-8(7)9(11)12-6-10;1-3-5-4(2)6(8)10-7(5)9;2*1-2/h6H,2-5H2,1H3;3H2,1-2H3;2*1-2H3. The Balaban J connectivity index is 0. The van der Waals surface area contributed by atoms with Gasteiger partial charge in [-0.05, 0) is 46.0 Å². The molecule has 0 amide bonds. The molecule has 1 heterocycles. The minimum atomic E-state index is -0.498. The minimum Gasteiger partial charge on any atom is -0.392 e. The zero-order chi connectivity index (χ0) is 20.7. The van der Waals surface area contributed by atoms with E-state index in [9.17, 15) is 19.2 Å². The van der Waals surface area contributed by atoms with E-state index in [1.54, 1.807) is 6.92 Å². The molecule has 0 fully saturated rings. The lowest BCUT2D eigenvalue weighted by Crippen LogP contribution is -2.11. The van der Waals surface area contributed by atoms with Crippen LogP contribution < -0.4 is 0 Å². The second-order valence-electron chi connectivity index (χ2n) is 5.10. The first kappa shape index (κ1) is 26.0. The SMILES string of the molecule is CC.CC.CC1=C(C(=O)OC=O)CCCC1.CCC1=C(C)C(=O)OC1=O. The van der Waals surface area contributed by atoms with Crippen LogP contribution in [0.15, 0.2) is 22.3 Å². The monoisotopic (exact) mass is 368 g/mol. The lowest BCUT2D eigenvalue weighted by molar-refractivity contribution is -0.152. The maximum atomic E-state index is 11.1. The van der Waals surface area contributed by atoms with Crippen molar-refractivity contribution < 1.29 is 28.7 Å². The van der Waals surface area contributed by atoms with Crippen LogP contribution in [0.3, 0.4) is 0 Å². The highest BCUT2D eigenvalue weighted by molar-refractivity contribution is 6.11. The third kappa shape index (κ3) is 8.23. The maximum Gasteiger partial charge on any atom is 0.342 e. The zero-order valence-corrected chi connectivity index (χ0v) is 17.1. The van der Waals surface area contributed by atoms with E-state index in [1.807, 2.05) is 41.5 Å². The van der Waals surface area contributed by atoms with Gasteiger partial charge in [0.25, 0.3) is 0 Å². The summed E-state index contributed by atoms with van der Waals surface area (Å²) in [6.45, 7) is 13.5. The molecule has 0 N–H and O–H groups in total. The van der Waals surface area contributed by atoms with Crippen molar-refractivity contribution in [3.63, 3.8) is 0 Å². The molecule has 26 heavy (non-hydrogen) atoms. The summed E-state index contributed by atoms with van der Waals surface area (Å²) in [5, 5.41) is 0. The Morgan fingerprint density at radius 2 is 1.58 bits per heavy atom. The number of carbonyl (C=O) groups excluding carboxylic acids is 4. The number of esters is 3. The Morgan fingerprint density at radius 1 is 1.04 bits per heavy atom. The predicted octanol–water partition coefficient (Wildman–Crippen LogP) is 4.43. The first-order chi connectivity index (χ1) is 12.4. The highest BCUT2D eigenvalue weighted by Crippen LogP contribution is 2.24. The van der Waals surface area contributed by atoms with Crippen molar-refractivity contribution in [2.24, 2.45) is 0 Å². The summed E-state index contributed by atoms with van der Waals surface area (Å²) in [4.78, 5) is 42.4. The Hall–Kier alpha value is -2.24. The van der Waals surface area contributed by atoms with Gasteiger partial charge in [0, 0.05) is 16.7 Å². The molecule has 0 spiro atoms. The number of rotatable bonds is 3. The van der Waals surface area contributed by atoms with Crippen molar-refractivity contribution in [2.45, 2.75) is 80.6 Å². The Morgan fingerprint density at radius 3 is 1.92 bits per heavy atom. The lowest BCUT2D eigenvalue weighted by atomic mass is 9.93. The van der Waals surface area contributed by atoms with Crippen molar-refractivity contribution in [2.75, 3.05) is 0 Å². The fourth-order valence-corrected chi connectivity index (χ4v) is 2.36. The van der Waals surface area contributed by atoms with Gasteiger partial charge >= 0.3 is 24.4 Å². The number of ether oxygens (including phenoxy) is 2. The van der Waals surface area contributed by atoms with Gasteiger partial charge in [-0.1, -0.05) is 40.2 Å². The maximum absolute atomic E-state index is 11.1. The van der Waals surface area contributed by atoms with Crippen LogP contribution in [0.25, 0.3) is 0 Å². The van der Waals surface area contributed by atoms with Gasteiger partial charge in [0.15, 0.2) is 0 Å². The molecular weight excluding hydrogens is 336 g/mol. The van der Waals surface area contributed by atoms with Gasteiger partial charge in [-0.25, -0.2) is 14.4 Å². The summed E-state index contributed by atoms with van der Waals surface area (Å²) >= 11 is 0. The molecule has 0 saturated carbocycles. The van der Waals surface area contributed by atoms with Gasteiger partial charge in [0.2, 0.25) is 0 Å². The molecule has 6 nitrogen and oxygen atoms in total. The fourth-order valence-electron chi connectivity index (χ4n) is 2.36. The molecule has 0 aromatic heterocycles. The van der Waals surface area contributed by atoms with Crippen molar-refractivity contribution in [3.8, 4) is 0 Å². The molecule has 2 aliphatic rings. The normalized spacial score (nSPS) is 15.5. The Labute approximate surface area is 156 Å². The molecule has 0 bridgehead atoms.